The Kier molecular flexibility index (Phi) is 9.46. The number of terminal acetylenes is 1. The molecule has 0 aliphatic carbocycles. The predicted molar refractivity (Wildman–Crippen MR) is 167 cm³/mol. The summed E-state index contributed by atoms with van der Waals surface area (Å²) in [5.41, 5.74) is 7.58. The SMILES string of the molecule is C#CCNCc1c(C(=O)NN2CCCCC2)nn(-c2ccc(Cl)cc2Cl)c1-c1ccc(C#Cc2ccc(C)cc2)s1. The highest BCUT2D eigenvalue weighted by atomic mass is 35.5. The Morgan fingerprint density at radius 1 is 1.05 bits per heavy atom. The van der Waals surface area contributed by atoms with Crippen LogP contribution >= 0.6 is 34.5 Å². The topological polar surface area (TPSA) is 62.2 Å². The van der Waals surface area contributed by atoms with Crippen molar-refractivity contribution < 1.29 is 4.79 Å². The molecule has 0 unspecified atom stereocenters. The lowest BCUT2D eigenvalue weighted by atomic mass is 10.1. The smallest absolute Gasteiger partial charge is 0.286 e. The lowest BCUT2D eigenvalue weighted by molar-refractivity contribution is 0.0743. The van der Waals surface area contributed by atoms with E-state index >= 15 is 0 Å². The maximum atomic E-state index is 13.7. The molecule has 1 saturated heterocycles. The van der Waals surface area contributed by atoms with Crippen molar-refractivity contribution in [1.29, 1.82) is 0 Å². The van der Waals surface area contributed by atoms with Crippen LogP contribution in [0.3, 0.4) is 0 Å². The van der Waals surface area contributed by atoms with Crippen LogP contribution in [0, 0.1) is 31.1 Å². The van der Waals surface area contributed by atoms with Crippen molar-refractivity contribution in [2.75, 3.05) is 19.6 Å². The van der Waals surface area contributed by atoms with E-state index in [-0.39, 0.29) is 5.91 Å². The van der Waals surface area contributed by atoms with Crippen LogP contribution < -0.4 is 10.7 Å². The van der Waals surface area contributed by atoms with Gasteiger partial charge in [0.05, 0.1) is 32.7 Å². The highest BCUT2D eigenvalue weighted by Crippen LogP contribution is 2.36. The van der Waals surface area contributed by atoms with Crippen LogP contribution in [0.25, 0.3) is 16.3 Å². The normalized spacial score (nSPS) is 13.3. The van der Waals surface area contributed by atoms with Gasteiger partial charge in [0.2, 0.25) is 0 Å². The molecule has 2 aromatic heterocycles. The first-order chi connectivity index (χ1) is 19.9. The van der Waals surface area contributed by atoms with Gasteiger partial charge >= 0.3 is 0 Å². The number of aromatic nitrogens is 2. The molecule has 1 fully saturated rings. The van der Waals surface area contributed by atoms with Crippen LogP contribution in [0.15, 0.2) is 54.6 Å². The van der Waals surface area contributed by atoms with Crippen molar-refractivity contribution in [3.05, 3.63) is 91.9 Å². The summed E-state index contributed by atoms with van der Waals surface area (Å²) in [6, 6.07) is 17.3. The zero-order chi connectivity index (χ0) is 28.8. The fraction of sp³-hybridized carbons (Fsp3) is 0.250. The second-order valence-corrected chi connectivity index (χ2v) is 11.7. The van der Waals surface area contributed by atoms with E-state index in [9.17, 15) is 4.79 Å². The zero-order valence-electron chi connectivity index (χ0n) is 22.6. The summed E-state index contributed by atoms with van der Waals surface area (Å²) in [5, 5.41) is 11.0. The lowest BCUT2D eigenvalue weighted by Crippen LogP contribution is -2.45. The maximum Gasteiger partial charge on any atom is 0.286 e. The molecule has 41 heavy (non-hydrogen) atoms. The molecular weight excluding hydrogens is 573 g/mol. The van der Waals surface area contributed by atoms with E-state index in [0.29, 0.717) is 34.5 Å². The summed E-state index contributed by atoms with van der Waals surface area (Å²) in [4.78, 5) is 15.4. The van der Waals surface area contributed by atoms with Gasteiger partial charge in [-0.05, 0) is 62.2 Å². The number of hydrogen-bond donors (Lipinski definition) is 2. The van der Waals surface area contributed by atoms with Crippen LogP contribution in [0.4, 0.5) is 0 Å². The Morgan fingerprint density at radius 3 is 2.56 bits per heavy atom. The molecule has 208 valence electrons. The van der Waals surface area contributed by atoms with Crippen LogP contribution in [-0.2, 0) is 6.54 Å². The van der Waals surface area contributed by atoms with Gasteiger partial charge in [-0.25, -0.2) is 9.69 Å². The van der Waals surface area contributed by atoms with E-state index < -0.39 is 0 Å². The number of piperidine rings is 1. The average Bonchev–Trinajstić information content (AvgIpc) is 3.58. The quantitative estimate of drug-likeness (QED) is 0.188. The third kappa shape index (κ3) is 7.02. The predicted octanol–water partition coefficient (Wildman–Crippen LogP) is 6.47. The van der Waals surface area contributed by atoms with E-state index in [1.807, 2.05) is 41.4 Å². The number of carbonyl (C=O) groups excluding carboxylic acids is 1. The fourth-order valence-corrected chi connectivity index (χ4v) is 6.05. The van der Waals surface area contributed by atoms with Gasteiger partial charge in [-0.15, -0.1) is 17.8 Å². The summed E-state index contributed by atoms with van der Waals surface area (Å²) >= 11 is 14.4. The Balaban J connectivity index is 1.60. The first-order valence-electron chi connectivity index (χ1n) is 13.4. The van der Waals surface area contributed by atoms with Crippen molar-refractivity contribution >= 4 is 40.4 Å². The summed E-state index contributed by atoms with van der Waals surface area (Å²) in [6.07, 6.45) is 8.77. The van der Waals surface area contributed by atoms with Crippen molar-refractivity contribution in [2.45, 2.75) is 32.7 Å². The third-order valence-electron chi connectivity index (χ3n) is 6.70. The van der Waals surface area contributed by atoms with E-state index in [1.54, 1.807) is 22.9 Å². The highest BCUT2D eigenvalue weighted by Gasteiger charge is 2.27. The molecule has 2 aromatic carbocycles. The molecule has 5 rings (SSSR count). The molecule has 4 aromatic rings. The van der Waals surface area contributed by atoms with E-state index in [1.165, 1.54) is 16.9 Å². The van der Waals surface area contributed by atoms with Gasteiger partial charge in [-0.3, -0.25) is 10.2 Å². The van der Waals surface area contributed by atoms with E-state index in [0.717, 1.165) is 58.9 Å². The number of hydrazine groups is 1. The van der Waals surface area contributed by atoms with Crippen molar-refractivity contribution in [3.63, 3.8) is 0 Å². The number of thiophene rings is 1. The minimum atomic E-state index is -0.273. The monoisotopic (exact) mass is 601 g/mol. The van der Waals surface area contributed by atoms with Gasteiger partial charge in [0.1, 0.15) is 0 Å². The summed E-state index contributed by atoms with van der Waals surface area (Å²) in [6.45, 7) is 4.35. The fourth-order valence-electron chi connectivity index (χ4n) is 4.65. The first-order valence-corrected chi connectivity index (χ1v) is 15.0. The number of benzene rings is 2. The van der Waals surface area contributed by atoms with E-state index in [4.69, 9.17) is 34.7 Å². The first kappa shape index (κ1) is 29.0. The number of halogens is 2. The molecule has 6 nitrogen and oxygen atoms in total. The minimum Gasteiger partial charge on any atom is -0.302 e. The molecule has 0 radical (unpaired) electrons. The lowest BCUT2D eigenvalue weighted by Gasteiger charge is -2.26. The number of amides is 1. The molecule has 1 aliphatic rings. The molecule has 1 aliphatic heterocycles. The van der Waals surface area contributed by atoms with Crippen molar-refractivity contribution in [1.82, 2.24) is 25.5 Å². The van der Waals surface area contributed by atoms with E-state index in [2.05, 4.69) is 35.4 Å². The highest BCUT2D eigenvalue weighted by molar-refractivity contribution is 7.16. The van der Waals surface area contributed by atoms with Crippen LogP contribution in [0.5, 0.6) is 0 Å². The number of hydrogen-bond acceptors (Lipinski definition) is 5. The van der Waals surface area contributed by atoms with Gasteiger partial charge < -0.3 is 5.32 Å². The summed E-state index contributed by atoms with van der Waals surface area (Å²) in [7, 11) is 0. The molecular formula is C32H29Cl2N5OS. The van der Waals surface area contributed by atoms with Gasteiger partial charge in [0, 0.05) is 35.8 Å². The number of nitrogens with one attached hydrogen (secondary N) is 2. The molecule has 0 atom stereocenters. The number of rotatable bonds is 7. The number of aryl methyl sites for hydroxylation is 1. The van der Waals surface area contributed by atoms with Crippen LogP contribution in [-0.4, -0.2) is 40.3 Å². The van der Waals surface area contributed by atoms with Gasteiger partial charge in [0.25, 0.3) is 5.91 Å². The molecule has 1 amide bonds. The largest absolute Gasteiger partial charge is 0.302 e. The molecule has 2 N–H and O–H groups in total. The minimum absolute atomic E-state index is 0.273. The van der Waals surface area contributed by atoms with Crippen LogP contribution in [0.2, 0.25) is 10.0 Å². The van der Waals surface area contributed by atoms with Gasteiger partial charge in [0.15, 0.2) is 5.69 Å². The molecule has 0 saturated carbocycles. The van der Waals surface area contributed by atoms with Crippen molar-refractivity contribution in [2.24, 2.45) is 0 Å². The van der Waals surface area contributed by atoms with Crippen molar-refractivity contribution in [3.8, 4) is 40.4 Å². The summed E-state index contributed by atoms with van der Waals surface area (Å²) in [5.74, 6) is 8.84. The van der Waals surface area contributed by atoms with Gasteiger partial charge in [-0.1, -0.05) is 65.1 Å². The van der Waals surface area contributed by atoms with Crippen LogP contribution in [0.1, 0.15) is 51.3 Å². The molecule has 3 heterocycles. The zero-order valence-corrected chi connectivity index (χ0v) is 25.0. The Hall–Kier alpha value is -3.56. The number of nitrogens with zero attached hydrogens (tertiary/aromatic N) is 3. The Labute approximate surface area is 254 Å². The second-order valence-electron chi connectivity index (χ2n) is 9.76. The van der Waals surface area contributed by atoms with Gasteiger partial charge in [-0.2, -0.15) is 5.10 Å². The molecule has 0 bridgehead atoms. The number of carbonyl (C=O) groups is 1. The Bertz CT molecular complexity index is 1650. The molecule has 0 spiro atoms. The second kappa shape index (κ2) is 13.4. The summed E-state index contributed by atoms with van der Waals surface area (Å²) < 4.78 is 1.72. The maximum absolute atomic E-state index is 13.7. The molecule has 9 heteroatoms. The third-order valence-corrected chi connectivity index (χ3v) is 8.25. The standard InChI is InChI=1S/C32H29Cl2N5OS/c1-3-17-35-21-26-30(32(40)37-38-18-5-4-6-19-38)36-39(28-15-12-24(33)20-27(28)34)31(26)29-16-14-25(41-29)13-11-23-9-7-22(2)8-10-23/h1,7-10,12,14-16,20,35H,4-6,17-19,21H2,2H3,(H,37,40). The Morgan fingerprint density at radius 2 is 1.83 bits per heavy atom. The average molecular weight is 603 g/mol.